The average molecular weight is 317 g/mol. The molecule has 1 heterocycles. The summed E-state index contributed by atoms with van der Waals surface area (Å²) in [4.78, 5) is 37.6. The van der Waals surface area contributed by atoms with Crippen molar-refractivity contribution >= 4 is 17.8 Å². The smallest absolute Gasteiger partial charge is 0.325 e. The van der Waals surface area contributed by atoms with Crippen molar-refractivity contribution in [2.24, 2.45) is 0 Å². The predicted molar refractivity (Wildman–Crippen MR) is 81.8 cm³/mol. The molecule has 3 rings (SSSR count). The highest BCUT2D eigenvalue weighted by molar-refractivity contribution is 6.09. The third kappa shape index (κ3) is 2.86. The van der Waals surface area contributed by atoms with E-state index in [0.717, 1.165) is 17.7 Å². The summed E-state index contributed by atoms with van der Waals surface area (Å²) in [6.07, 6.45) is 1.91. The van der Waals surface area contributed by atoms with Crippen molar-refractivity contribution in [3.05, 3.63) is 29.8 Å². The van der Waals surface area contributed by atoms with Crippen molar-refractivity contribution < 1.29 is 19.1 Å². The van der Waals surface area contributed by atoms with Crippen molar-refractivity contribution in [3.63, 3.8) is 0 Å². The number of carbonyl (C=O) groups is 3. The molecule has 1 aromatic carbocycles. The first-order valence-corrected chi connectivity index (χ1v) is 7.52. The Bertz CT molecular complexity index is 654. The average Bonchev–Trinajstić information content (AvgIpc) is 3.32. The van der Waals surface area contributed by atoms with Gasteiger partial charge in [-0.25, -0.2) is 4.79 Å². The zero-order chi connectivity index (χ0) is 16.6. The lowest BCUT2D eigenvalue weighted by Gasteiger charge is -2.22. The van der Waals surface area contributed by atoms with Crippen LogP contribution in [0.2, 0.25) is 0 Å². The second kappa shape index (κ2) is 5.57. The Hall–Kier alpha value is -2.57. The first-order valence-electron chi connectivity index (χ1n) is 7.52. The minimum Gasteiger partial charge on any atom is -0.497 e. The topological polar surface area (TPSA) is 87.7 Å². The number of hydrogen-bond donors (Lipinski definition) is 2. The van der Waals surface area contributed by atoms with Gasteiger partial charge in [-0.15, -0.1) is 0 Å². The fourth-order valence-electron chi connectivity index (χ4n) is 2.61. The molecule has 1 saturated carbocycles. The SMILES string of the molecule is COc1ccc([C@]2(C)NC(=O)N(CC(=O)NC3CC3)C2=O)cc1. The third-order valence-corrected chi connectivity index (χ3v) is 4.19. The van der Waals surface area contributed by atoms with Crippen LogP contribution in [0.5, 0.6) is 5.75 Å². The number of imide groups is 1. The summed E-state index contributed by atoms with van der Waals surface area (Å²) in [7, 11) is 1.55. The van der Waals surface area contributed by atoms with Gasteiger partial charge in [0.2, 0.25) is 5.91 Å². The first kappa shape index (κ1) is 15.3. The van der Waals surface area contributed by atoms with Crippen molar-refractivity contribution in [3.8, 4) is 5.75 Å². The van der Waals surface area contributed by atoms with E-state index >= 15 is 0 Å². The molecule has 0 bridgehead atoms. The normalized spacial score (nSPS) is 23.7. The third-order valence-electron chi connectivity index (χ3n) is 4.19. The van der Waals surface area contributed by atoms with Crippen LogP contribution in [-0.4, -0.2) is 42.4 Å². The molecular formula is C16H19N3O4. The van der Waals surface area contributed by atoms with E-state index in [0.29, 0.717) is 11.3 Å². The highest BCUT2D eigenvalue weighted by Gasteiger charge is 2.49. The molecule has 7 heteroatoms. The molecule has 0 unspecified atom stereocenters. The van der Waals surface area contributed by atoms with E-state index in [1.165, 1.54) is 0 Å². The van der Waals surface area contributed by atoms with Gasteiger partial charge in [0, 0.05) is 6.04 Å². The summed E-state index contributed by atoms with van der Waals surface area (Å²) in [5.74, 6) is -0.0802. The monoisotopic (exact) mass is 317 g/mol. The van der Waals surface area contributed by atoms with E-state index in [4.69, 9.17) is 4.74 Å². The maximum atomic E-state index is 12.7. The van der Waals surface area contributed by atoms with Crippen molar-refractivity contribution in [1.29, 1.82) is 0 Å². The van der Waals surface area contributed by atoms with Crippen LogP contribution in [0.25, 0.3) is 0 Å². The number of rotatable bonds is 5. The second-order valence-corrected chi connectivity index (χ2v) is 6.02. The zero-order valence-corrected chi connectivity index (χ0v) is 13.1. The molecule has 23 heavy (non-hydrogen) atoms. The van der Waals surface area contributed by atoms with E-state index < -0.39 is 17.5 Å². The van der Waals surface area contributed by atoms with Gasteiger partial charge in [-0.2, -0.15) is 0 Å². The van der Waals surface area contributed by atoms with Crippen LogP contribution in [0.4, 0.5) is 4.79 Å². The Morgan fingerprint density at radius 1 is 1.35 bits per heavy atom. The van der Waals surface area contributed by atoms with Crippen LogP contribution in [0.3, 0.4) is 0 Å². The molecule has 1 aliphatic carbocycles. The summed E-state index contributed by atoms with van der Waals surface area (Å²) in [5.41, 5.74) is -0.537. The Balaban J connectivity index is 1.76. The molecule has 7 nitrogen and oxygen atoms in total. The standard InChI is InChI=1S/C16H19N3O4/c1-16(10-3-7-12(23-2)8-4-10)14(21)19(15(22)18-16)9-13(20)17-11-5-6-11/h3-4,7-8,11H,5-6,9H2,1-2H3,(H,17,20)(H,18,22)/t16-/m0/s1. The Morgan fingerprint density at radius 3 is 2.57 bits per heavy atom. The van der Waals surface area contributed by atoms with E-state index in [2.05, 4.69) is 10.6 Å². The lowest BCUT2D eigenvalue weighted by atomic mass is 9.92. The van der Waals surface area contributed by atoms with Gasteiger partial charge < -0.3 is 15.4 Å². The number of nitrogens with one attached hydrogen (secondary N) is 2. The van der Waals surface area contributed by atoms with Crippen LogP contribution in [0.15, 0.2) is 24.3 Å². The predicted octanol–water partition coefficient (Wildman–Crippen LogP) is 0.741. The van der Waals surface area contributed by atoms with E-state index in [1.54, 1.807) is 38.3 Å². The number of hydrogen-bond acceptors (Lipinski definition) is 4. The highest BCUT2D eigenvalue weighted by Crippen LogP contribution is 2.30. The number of urea groups is 1. The molecule has 0 radical (unpaired) electrons. The molecule has 4 amide bonds. The number of benzene rings is 1. The van der Waals surface area contributed by atoms with Crippen molar-refractivity contribution in [1.82, 2.24) is 15.5 Å². The first-order chi connectivity index (χ1) is 10.9. The number of amides is 4. The molecule has 1 atom stereocenters. The van der Waals surface area contributed by atoms with Crippen LogP contribution in [-0.2, 0) is 15.1 Å². The Morgan fingerprint density at radius 2 is 2.00 bits per heavy atom. The fourth-order valence-corrected chi connectivity index (χ4v) is 2.61. The molecule has 1 aromatic rings. The molecule has 0 spiro atoms. The maximum absolute atomic E-state index is 12.7. The Kier molecular flexibility index (Phi) is 3.71. The van der Waals surface area contributed by atoms with Gasteiger partial charge in [0.15, 0.2) is 0 Å². The molecule has 2 N–H and O–H groups in total. The summed E-state index contributed by atoms with van der Waals surface area (Å²) in [6, 6.07) is 6.54. The molecule has 2 aliphatic rings. The fraction of sp³-hybridized carbons (Fsp3) is 0.438. The lowest BCUT2D eigenvalue weighted by Crippen LogP contribution is -2.43. The summed E-state index contributed by atoms with van der Waals surface area (Å²) in [6.45, 7) is 1.38. The minimum absolute atomic E-state index is 0.191. The maximum Gasteiger partial charge on any atom is 0.325 e. The van der Waals surface area contributed by atoms with Gasteiger partial charge in [0.25, 0.3) is 5.91 Å². The molecule has 0 aromatic heterocycles. The van der Waals surface area contributed by atoms with Gasteiger partial charge in [0.1, 0.15) is 17.8 Å². The van der Waals surface area contributed by atoms with Crippen molar-refractivity contribution in [2.45, 2.75) is 31.3 Å². The van der Waals surface area contributed by atoms with Crippen LogP contribution in [0.1, 0.15) is 25.3 Å². The van der Waals surface area contributed by atoms with Gasteiger partial charge in [-0.05, 0) is 37.5 Å². The number of nitrogens with zero attached hydrogens (tertiary/aromatic N) is 1. The molecule has 1 aliphatic heterocycles. The van der Waals surface area contributed by atoms with Crippen LogP contribution < -0.4 is 15.4 Å². The highest BCUT2D eigenvalue weighted by atomic mass is 16.5. The number of ether oxygens (including phenoxy) is 1. The number of methoxy groups -OCH3 is 1. The Labute approximate surface area is 134 Å². The molecule has 1 saturated heterocycles. The molecular weight excluding hydrogens is 298 g/mol. The van der Waals surface area contributed by atoms with Crippen LogP contribution in [0, 0.1) is 0 Å². The van der Waals surface area contributed by atoms with E-state index in [1.807, 2.05) is 0 Å². The van der Waals surface area contributed by atoms with Crippen LogP contribution >= 0.6 is 0 Å². The van der Waals surface area contributed by atoms with E-state index in [9.17, 15) is 14.4 Å². The number of carbonyl (C=O) groups excluding carboxylic acids is 3. The van der Waals surface area contributed by atoms with Gasteiger partial charge >= 0.3 is 6.03 Å². The zero-order valence-electron chi connectivity index (χ0n) is 13.1. The summed E-state index contributed by atoms with van der Waals surface area (Å²) < 4.78 is 5.09. The minimum atomic E-state index is -1.18. The van der Waals surface area contributed by atoms with E-state index in [-0.39, 0.29) is 18.5 Å². The lowest BCUT2D eigenvalue weighted by molar-refractivity contribution is -0.134. The summed E-state index contributed by atoms with van der Waals surface area (Å²) in [5, 5.41) is 5.45. The second-order valence-electron chi connectivity index (χ2n) is 6.02. The largest absolute Gasteiger partial charge is 0.497 e. The van der Waals surface area contributed by atoms with Crippen molar-refractivity contribution in [2.75, 3.05) is 13.7 Å². The molecule has 122 valence electrons. The summed E-state index contributed by atoms with van der Waals surface area (Å²) >= 11 is 0. The molecule has 2 fully saturated rings. The van der Waals surface area contributed by atoms with Gasteiger partial charge in [-0.1, -0.05) is 12.1 Å². The van der Waals surface area contributed by atoms with Gasteiger partial charge in [0.05, 0.1) is 7.11 Å². The quantitative estimate of drug-likeness (QED) is 0.784. The van der Waals surface area contributed by atoms with Gasteiger partial charge in [-0.3, -0.25) is 14.5 Å².